The second kappa shape index (κ2) is 9.23. The van der Waals surface area contributed by atoms with E-state index in [4.69, 9.17) is 4.74 Å². The zero-order chi connectivity index (χ0) is 21.6. The first-order valence-electron chi connectivity index (χ1n) is 8.87. The Morgan fingerprint density at radius 3 is 2.40 bits per heavy atom. The van der Waals surface area contributed by atoms with Crippen LogP contribution < -0.4 is 14.8 Å². The molecule has 0 unspecified atom stereocenters. The van der Waals surface area contributed by atoms with Crippen molar-refractivity contribution in [2.24, 2.45) is 0 Å². The molecule has 0 saturated heterocycles. The number of nitrogens with one attached hydrogen (secondary N) is 2. The lowest BCUT2D eigenvalue weighted by Gasteiger charge is -2.10. The molecule has 0 aliphatic heterocycles. The molecule has 0 aromatic heterocycles. The van der Waals surface area contributed by atoms with Gasteiger partial charge in [0, 0.05) is 17.5 Å². The number of anilines is 2. The van der Waals surface area contributed by atoms with Crippen LogP contribution in [0.1, 0.15) is 5.56 Å². The van der Waals surface area contributed by atoms with E-state index in [2.05, 4.69) is 10.0 Å². The van der Waals surface area contributed by atoms with Crippen molar-refractivity contribution in [3.05, 3.63) is 90.3 Å². The highest BCUT2D eigenvalue weighted by Gasteiger charge is 2.15. The molecule has 0 spiro atoms. The molecule has 8 heteroatoms. The van der Waals surface area contributed by atoms with Gasteiger partial charge in [-0.05, 0) is 66.2 Å². The summed E-state index contributed by atoms with van der Waals surface area (Å²) in [4.78, 5) is 12.1. The Bertz CT molecular complexity index is 1180. The molecule has 0 fully saturated rings. The van der Waals surface area contributed by atoms with E-state index in [1.165, 1.54) is 55.7 Å². The highest BCUT2D eigenvalue weighted by Crippen LogP contribution is 2.21. The number of methoxy groups -OCH3 is 1. The molecule has 0 heterocycles. The van der Waals surface area contributed by atoms with Crippen LogP contribution in [0.15, 0.2) is 83.8 Å². The van der Waals surface area contributed by atoms with E-state index in [1.807, 2.05) is 0 Å². The standard InChI is InChI=1S/C22H19FN2O4S/c1-29-20-11-9-18(10-12-20)25-30(27,28)21-7-3-6-19(15-21)24-22(26)13-8-16-4-2-5-17(23)14-16/h2-15,25H,1H3,(H,24,26)/b13-8+. The van der Waals surface area contributed by atoms with Crippen LogP contribution in [0, 0.1) is 5.82 Å². The lowest BCUT2D eigenvalue weighted by atomic mass is 10.2. The predicted molar refractivity (Wildman–Crippen MR) is 114 cm³/mol. The number of hydrogen-bond donors (Lipinski definition) is 2. The van der Waals surface area contributed by atoms with Crippen molar-refractivity contribution in [1.29, 1.82) is 0 Å². The summed E-state index contributed by atoms with van der Waals surface area (Å²) in [6.07, 6.45) is 2.70. The van der Waals surface area contributed by atoms with Crippen LogP contribution in [0.2, 0.25) is 0 Å². The number of rotatable bonds is 7. The van der Waals surface area contributed by atoms with Gasteiger partial charge in [-0.3, -0.25) is 9.52 Å². The Balaban J connectivity index is 1.70. The van der Waals surface area contributed by atoms with E-state index in [9.17, 15) is 17.6 Å². The van der Waals surface area contributed by atoms with Crippen molar-refractivity contribution < 1.29 is 22.3 Å². The summed E-state index contributed by atoms with van der Waals surface area (Å²) in [6.45, 7) is 0. The Hall–Kier alpha value is -3.65. The summed E-state index contributed by atoms with van der Waals surface area (Å²) in [5, 5.41) is 2.59. The van der Waals surface area contributed by atoms with Crippen LogP contribution in [0.25, 0.3) is 6.08 Å². The summed E-state index contributed by atoms with van der Waals surface area (Å²) in [7, 11) is -2.33. The first-order valence-corrected chi connectivity index (χ1v) is 10.4. The first kappa shape index (κ1) is 21.1. The van der Waals surface area contributed by atoms with Gasteiger partial charge in [0.05, 0.1) is 12.0 Å². The van der Waals surface area contributed by atoms with Gasteiger partial charge in [-0.15, -0.1) is 0 Å². The topological polar surface area (TPSA) is 84.5 Å². The summed E-state index contributed by atoms with van der Waals surface area (Å²) in [5.41, 5.74) is 1.22. The minimum atomic E-state index is -3.85. The molecule has 0 bridgehead atoms. The van der Waals surface area contributed by atoms with Gasteiger partial charge in [0.15, 0.2) is 0 Å². The van der Waals surface area contributed by atoms with Crippen molar-refractivity contribution in [3.63, 3.8) is 0 Å². The quantitative estimate of drug-likeness (QED) is 0.552. The maximum Gasteiger partial charge on any atom is 0.261 e. The molecule has 0 saturated carbocycles. The normalized spacial score (nSPS) is 11.3. The lowest BCUT2D eigenvalue weighted by molar-refractivity contribution is -0.111. The fourth-order valence-corrected chi connectivity index (χ4v) is 3.68. The average Bonchev–Trinajstić information content (AvgIpc) is 2.73. The molecule has 0 aliphatic rings. The Kier molecular flexibility index (Phi) is 6.48. The highest BCUT2D eigenvalue weighted by atomic mass is 32.2. The van der Waals surface area contributed by atoms with Crippen molar-refractivity contribution >= 4 is 33.4 Å². The van der Waals surface area contributed by atoms with E-state index < -0.39 is 21.7 Å². The molecule has 3 rings (SSSR count). The molecule has 3 aromatic rings. The molecule has 2 N–H and O–H groups in total. The van der Waals surface area contributed by atoms with Crippen LogP contribution >= 0.6 is 0 Å². The number of carbonyl (C=O) groups excluding carboxylic acids is 1. The monoisotopic (exact) mass is 426 g/mol. The van der Waals surface area contributed by atoms with Crippen molar-refractivity contribution in [3.8, 4) is 5.75 Å². The van der Waals surface area contributed by atoms with E-state index in [0.29, 0.717) is 22.7 Å². The second-order valence-corrected chi connectivity index (χ2v) is 7.92. The summed E-state index contributed by atoms with van der Waals surface area (Å²) < 4.78 is 46.0. The Morgan fingerprint density at radius 2 is 1.70 bits per heavy atom. The van der Waals surface area contributed by atoms with Gasteiger partial charge in [-0.25, -0.2) is 12.8 Å². The molecule has 3 aromatic carbocycles. The van der Waals surface area contributed by atoms with Gasteiger partial charge in [0.2, 0.25) is 5.91 Å². The van der Waals surface area contributed by atoms with E-state index >= 15 is 0 Å². The molecule has 0 radical (unpaired) electrons. The second-order valence-electron chi connectivity index (χ2n) is 6.24. The van der Waals surface area contributed by atoms with Gasteiger partial charge in [0.25, 0.3) is 10.0 Å². The van der Waals surface area contributed by atoms with Crippen molar-refractivity contribution in [1.82, 2.24) is 0 Å². The largest absolute Gasteiger partial charge is 0.497 e. The number of sulfonamides is 1. The summed E-state index contributed by atoms with van der Waals surface area (Å²) in [5.74, 6) is -0.272. The maximum absolute atomic E-state index is 13.2. The van der Waals surface area contributed by atoms with Gasteiger partial charge in [-0.2, -0.15) is 0 Å². The van der Waals surface area contributed by atoms with E-state index in [0.717, 1.165) is 0 Å². The number of benzene rings is 3. The summed E-state index contributed by atoms with van der Waals surface area (Å²) >= 11 is 0. The minimum Gasteiger partial charge on any atom is -0.497 e. The Morgan fingerprint density at radius 1 is 0.967 bits per heavy atom. The van der Waals surface area contributed by atoms with Gasteiger partial charge >= 0.3 is 0 Å². The van der Waals surface area contributed by atoms with Crippen LogP contribution in [-0.2, 0) is 14.8 Å². The smallest absolute Gasteiger partial charge is 0.261 e. The van der Waals surface area contributed by atoms with E-state index in [-0.39, 0.29) is 4.90 Å². The van der Waals surface area contributed by atoms with Crippen molar-refractivity contribution in [2.75, 3.05) is 17.1 Å². The zero-order valence-electron chi connectivity index (χ0n) is 16.0. The number of ether oxygens (including phenoxy) is 1. The Labute approximate surface area is 174 Å². The molecule has 0 aliphatic carbocycles. The number of halogens is 1. The van der Waals surface area contributed by atoms with Crippen LogP contribution in [-0.4, -0.2) is 21.4 Å². The molecule has 6 nitrogen and oxygen atoms in total. The van der Waals surface area contributed by atoms with Gasteiger partial charge < -0.3 is 10.1 Å². The van der Waals surface area contributed by atoms with E-state index in [1.54, 1.807) is 36.4 Å². The number of amides is 1. The molecule has 154 valence electrons. The van der Waals surface area contributed by atoms with Crippen LogP contribution in [0.5, 0.6) is 5.75 Å². The predicted octanol–water partition coefficient (Wildman–Crippen LogP) is 4.29. The first-order chi connectivity index (χ1) is 14.4. The van der Waals surface area contributed by atoms with Gasteiger partial charge in [0.1, 0.15) is 11.6 Å². The lowest BCUT2D eigenvalue weighted by Crippen LogP contribution is -2.14. The maximum atomic E-state index is 13.2. The van der Waals surface area contributed by atoms with Crippen molar-refractivity contribution in [2.45, 2.75) is 4.90 Å². The average molecular weight is 426 g/mol. The third-order valence-electron chi connectivity index (χ3n) is 4.03. The fraction of sp³-hybridized carbons (Fsp3) is 0.0455. The SMILES string of the molecule is COc1ccc(NS(=O)(=O)c2cccc(NC(=O)/C=C/c3cccc(F)c3)c2)cc1. The molecular weight excluding hydrogens is 407 g/mol. The number of hydrogen-bond acceptors (Lipinski definition) is 4. The third kappa shape index (κ3) is 5.68. The highest BCUT2D eigenvalue weighted by molar-refractivity contribution is 7.92. The van der Waals surface area contributed by atoms with Gasteiger partial charge in [-0.1, -0.05) is 18.2 Å². The molecular formula is C22H19FN2O4S. The molecule has 1 amide bonds. The molecule has 0 atom stereocenters. The number of carbonyl (C=O) groups is 1. The van der Waals surface area contributed by atoms with Crippen LogP contribution in [0.3, 0.4) is 0 Å². The minimum absolute atomic E-state index is 0.00905. The third-order valence-corrected chi connectivity index (χ3v) is 5.41. The fourth-order valence-electron chi connectivity index (χ4n) is 2.58. The van der Waals surface area contributed by atoms with Crippen LogP contribution in [0.4, 0.5) is 15.8 Å². The summed E-state index contributed by atoms with van der Waals surface area (Å²) in [6, 6.07) is 18.1. The molecule has 30 heavy (non-hydrogen) atoms. The zero-order valence-corrected chi connectivity index (χ0v) is 16.8.